The van der Waals surface area contributed by atoms with E-state index in [0.29, 0.717) is 23.5 Å². The van der Waals surface area contributed by atoms with Crippen molar-refractivity contribution in [2.75, 3.05) is 6.54 Å². The van der Waals surface area contributed by atoms with Crippen molar-refractivity contribution >= 4 is 23.3 Å². The van der Waals surface area contributed by atoms with E-state index < -0.39 is 29.4 Å². The predicted molar refractivity (Wildman–Crippen MR) is 110 cm³/mol. The van der Waals surface area contributed by atoms with E-state index in [1.165, 1.54) is 11.0 Å². The maximum Gasteiger partial charge on any atom is 0.416 e. The van der Waals surface area contributed by atoms with Crippen LogP contribution in [-0.2, 0) is 17.6 Å². The van der Waals surface area contributed by atoms with Gasteiger partial charge in [0.2, 0.25) is 0 Å². The van der Waals surface area contributed by atoms with Crippen molar-refractivity contribution in [1.82, 2.24) is 10.2 Å². The molecule has 0 bridgehead atoms. The second-order valence-corrected chi connectivity index (χ2v) is 8.70. The zero-order chi connectivity index (χ0) is 22.8. The summed E-state index contributed by atoms with van der Waals surface area (Å²) in [4.78, 5) is 19.7. The highest BCUT2D eigenvalue weighted by molar-refractivity contribution is 6.29. The lowest BCUT2D eigenvalue weighted by atomic mass is 10.1. The van der Waals surface area contributed by atoms with Crippen molar-refractivity contribution in [2.45, 2.75) is 51.6 Å². The summed E-state index contributed by atoms with van der Waals surface area (Å²) in [5.74, 6) is 0.469. The van der Waals surface area contributed by atoms with Crippen LogP contribution in [0.2, 0.25) is 5.22 Å². The number of alkyl halides is 3. The molecule has 1 aromatic heterocycles. The van der Waals surface area contributed by atoms with Gasteiger partial charge in [0.25, 0.3) is 0 Å². The van der Waals surface area contributed by atoms with E-state index in [1.807, 2.05) is 20.8 Å². The van der Waals surface area contributed by atoms with Crippen molar-refractivity contribution < 1.29 is 27.2 Å². The maximum absolute atomic E-state index is 13.1. The lowest BCUT2D eigenvalue weighted by Gasteiger charge is -2.30. The van der Waals surface area contributed by atoms with Gasteiger partial charge in [0.1, 0.15) is 5.71 Å². The number of amides is 2. The van der Waals surface area contributed by atoms with Gasteiger partial charge in [-0.15, -0.1) is 0 Å². The minimum absolute atomic E-state index is 0.0202. The first-order valence-corrected chi connectivity index (χ1v) is 10.00. The van der Waals surface area contributed by atoms with Gasteiger partial charge in [0.15, 0.2) is 17.1 Å². The van der Waals surface area contributed by atoms with Crippen LogP contribution in [-0.4, -0.2) is 34.8 Å². The number of rotatable bonds is 5. The Bertz CT molecular complexity index is 967. The summed E-state index contributed by atoms with van der Waals surface area (Å²) in [6.45, 7) is 5.57. The molecule has 1 aliphatic heterocycles. The zero-order valence-electron chi connectivity index (χ0n) is 17.3. The van der Waals surface area contributed by atoms with Crippen LogP contribution in [0.3, 0.4) is 0 Å². The number of nitrogens with one attached hydrogen (secondary N) is 1. The Kier molecular flexibility index (Phi) is 6.54. The monoisotopic (exact) mass is 457 g/mol. The van der Waals surface area contributed by atoms with Gasteiger partial charge in [-0.3, -0.25) is 0 Å². The van der Waals surface area contributed by atoms with E-state index >= 15 is 0 Å². The molecule has 1 unspecified atom stereocenters. The summed E-state index contributed by atoms with van der Waals surface area (Å²) in [5.41, 5.74) is -0.381. The number of hydrogen-bond donors (Lipinski definition) is 1. The van der Waals surface area contributed by atoms with Crippen molar-refractivity contribution in [3.8, 4) is 0 Å². The van der Waals surface area contributed by atoms with E-state index in [1.54, 1.807) is 18.2 Å². The Balaban J connectivity index is 1.74. The normalized spacial score (nSPS) is 16.6. The fourth-order valence-corrected chi connectivity index (χ4v) is 3.22. The predicted octanol–water partition coefficient (Wildman–Crippen LogP) is 5.46. The Hall–Kier alpha value is -2.68. The summed E-state index contributed by atoms with van der Waals surface area (Å²) < 4.78 is 44.6. The molecule has 2 heterocycles. The highest BCUT2D eigenvalue weighted by atomic mass is 35.5. The SMILES string of the molecule is CC(C)(C)NC(=O)N(Cc1cccc(C(F)(F)F)c1)CC1CC(c2ccc(Cl)o2)=NO1. The molecule has 31 heavy (non-hydrogen) atoms. The molecule has 168 valence electrons. The van der Waals surface area contributed by atoms with Crippen molar-refractivity contribution in [1.29, 1.82) is 0 Å². The smallest absolute Gasteiger partial charge is 0.416 e. The first-order chi connectivity index (χ1) is 14.4. The lowest BCUT2D eigenvalue weighted by molar-refractivity contribution is -0.137. The quantitative estimate of drug-likeness (QED) is 0.648. The second kappa shape index (κ2) is 8.82. The van der Waals surface area contributed by atoms with Crippen LogP contribution >= 0.6 is 11.6 Å². The highest BCUT2D eigenvalue weighted by Crippen LogP contribution is 2.30. The molecule has 1 atom stereocenters. The molecule has 0 spiro atoms. The fraction of sp³-hybridized carbons (Fsp3) is 0.429. The molecule has 1 N–H and O–H groups in total. The Morgan fingerprint density at radius 3 is 2.61 bits per heavy atom. The van der Waals surface area contributed by atoms with Crippen LogP contribution < -0.4 is 5.32 Å². The Labute approximate surface area is 183 Å². The first kappa shape index (κ1) is 23.0. The van der Waals surface area contributed by atoms with E-state index in [4.69, 9.17) is 20.9 Å². The van der Waals surface area contributed by atoms with Gasteiger partial charge < -0.3 is 19.5 Å². The number of urea groups is 1. The summed E-state index contributed by atoms with van der Waals surface area (Å²) in [7, 11) is 0. The standard InChI is InChI=1S/C21H23ClF3N3O3/c1-20(2,3)26-19(29)28(11-13-5-4-6-14(9-13)21(23,24)25)12-15-10-16(27-31-15)17-7-8-18(22)30-17/h4-9,15H,10-12H2,1-3H3,(H,26,29). The average molecular weight is 458 g/mol. The van der Waals surface area contributed by atoms with Gasteiger partial charge in [-0.05, 0) is 62.2 Å². The van der Waals surface area contributed by atoms with E-state index in [9.17, 15) is 18.0 Å². The second-order valence-electron chi connectivity index (χ2n) is 8.33. The number of furan rings is 1. The molecule has 1 aliphatic rings. The Morgan fingerprint density at radius 1 is 1.26 bits per heavy atom. The molecule has 0 saturated heterocycles. The van der Waals surface area contributed by atoms with Gasteiger partial charge in [-0.1, -0.05) is 17.3 Å². The van der Waals surface area contributed by atoms with Gasteiger partial charge in [0.05, 0.1) is 12.1 Å². The maximum atomic E-state index is 13.1. The van der Waals surface area contributed by atoms with Gasteiger partial charge in [0, 0.05) is 18.5 Å². The van der Waals surface area contributed by atoms with Crippen LogP contribution in [0.1, 0.15) is 44.1 Å². The number of nitrogens with zero attached hydrogens (tertiary/aromatic N) is 2. The molecule has 2 amide bonds. The summed E-state index contributed by atoms with van der Waals surface area (Å²) in [6, 6.07) is 7.75. The molecular weight excluding hydrogens is 435 g/mol. The van der Waals surface area contributed by atoms with Crippen LogP contribution in [0.25, 0.3) is 0 Å². The third kappa shape index (κ3) is 6.40. The lowest BCUT2D eigenvalue weighted by Crippen LogP contribution is -2.50. The summed E-state index contributed by atoms with van der Waals surface area (Å²) in [5, 5.41) is 7.06. The zero-order valence-corrected chi connectivity index (χ0v) is 18.0. The molecule has 0 saturated carbocycles. The van der Waals surface area contributed by atoms with Crippen LogP contribution in [0.4, 0.5) is 18.0 Å². The number of hydrogen-bond acceptors (Lipinski definition) is 4. The molecular formula is C21H23ClF3N3O3. The van der Waals surface area contributed by atoms with Crippen molar-refractivity contribution in [3.63, 3.8) is 0 Å². The number of halogens is 4. The van der Waals surface area contributed by atoms with E-state index in [0.717, 1.165) is 12.1 Å². The van der Waals surface area contributed by atoms with Crippen LogP contribution in [0.5, 0.6) is 0 Å². The molecule has 0 fully saturated rings. The third-order valence-corrected chi connectivity index (χ3v) is 4.61. The van der Waals surface area contributed by atoms with Crippen LogP contribution in [0.15, 0.2) is 46.0 Å². The van der Waals surface area contributed by atoms with Gasteiger partial charge in [-0.2, -0.15) is 13.2 Å². The van der Waals surface area contributed by atoms with Crippen molar-refractivity contribution in [3.05, 3.63) is 58.5 Å². The molecule has 0 aliphatic carbocycles. The first-order valence-electron chi connectivity index (χ1n) is 9.62. The van der Waals surface area contributed by atoms with E-state index in [2.05, 4.69) is 10.5 Å². The highest BCUT2D eigenvalue weighted by Gasteiger charge is 2.32. The minimum atomic E-state index is -4.46. The van der Waals surface area contributed by atoms with Gasteiger partial charge >= 0.3 is 12.2 Å². The largest absolute Gasteiger partial charge is 0.443 e. The molecule has 0 radical (unpaired) electrons. The van der Waals surface area contributed by atoms with E-state index in [-0.39, 0.29) is 18.3 Å². The third-order valence-electron chi connectivity index (χ3n) is 4.41. The fourth-order valence-electron chi connectivity index (χ4n) is 3.07. The van der Waals surface area contributed by atoms with Crippen molar-refractivity contribution in [2.24, 2.45) is 5.16 Å². The number of carbonyl (C=O) groups excluding carboxylic acids is 1. The molecule has 1 aromatic carbocycles. The Morgan fingerprint density at radius 2 is 2.00 bits per heavy atom. The summed E-state index contributed by atoms with van der Waals surface area (Å²) >= 11 is 5.79. The topological polar surface area (TPSA) is 67.1 Å². The minimum Gasteiger partial charge on any atom is -0.443 e. The number of benzene rings is 1. The van der Waals surface area contributed by atoms with Gasteiger partial charge in [-0.25, -0.2) is 4.79 Å². The van der Waals surface area contributed by atoms with Crippen LogP contribution in [0, 0.1) is 0 Å². The number of oxime groups is 1. The average Bonchev–Trinajstić information content (AvgIpc) is 3.28. The molecule has 3 rings (SSSR count). The summed E-state index contributed by atoms with van der Waals surface area (Å²) in [6.07, 6.45) is -4.57. The number of carbonyl (C=O) groups is 1. The molecule has 6 nitrogen and oxygen atoms in total. The molecule has 10 heteroatoms. The molecule has 2 aromatic rings.